The van der Waals surface area contributed by atoms with Crippen molar-refractivity contribution in [2.45, 2.75) is 12.8 Å². The summed E-state index contributed by atoms with van der Waals surface area (Å²) in [6.45, 7) is 1.40. The van der Waals surface area contributed by atoms with Crippen molar-refractivity contribution in [2.24, 2.45) is 5.92 Å². The number of likely N-dealkylation sites (tertiary alicyclic amines) is 1. The van der Waals surface area contributed by atoms with Gasteiger partial charge in [0.25, 0.3) is 0 Å². The summed E-state index contributed by atoms with van der Waals surface area (Å²) in [5, 5.41) is 17.1. The molecule has 1 heterocycles. The number of carbonyl (C=O) groups excluding carboxylic acids is 1. The molecule has 0 aromatic rings. The molecule has 1 aliphatic rings. The Labute approximate surface area is 88.0 Å². The molecule has 0 radical (unpaired) electrons. The van der Waals surface area contributed by atoms with Crippen LogP contribution in [0.3, 0.4) is 0 Å². The minimum atomic E-state index is -1.12. The summed E-state index contributed by atoms with van der Waals surface area (Å²) in [5.74, 6) is -1.04. The molecule has 1 atom stereocenters. The lowest BCUT2D eigenvalue weighted by molar-refractivity contribution is -0.132. The number of carboxylic acid groups (broad SMARTS) is 1. The average molecular weight is 213 g/mol. The molecule has 1 amide bonds. The molecule has 0 spiro atoms. The van der Waals surface area contributed by atoms with E-state index < -0.39 is 5.97 Å². The van der Waals surface area contributed by atoms with Crippen LogP contribution in [-0.4, -0.2) is 46.7 Å². The van der Waals surface area contributed by atoms with Gasteiger partial charge in [-0.15, -0.1) is 0 Å². The third kappa shape index (κ3) is 3.71. The van der Waals surface area contributed by atoms with E-state index >= 15 is 0 Å². The van der Waals surface area contributed by atoms with Crippen LogP contribution in [0.1, 0.15) is 12.8 Å². The molecular weight excluding hydrogens is 198 g/mol. The second kappa shape index (κ2) is 5.50. The molecule has 0 aliphatic carbocycles. The first-order valence-corrected chi connectivity index (χ1v) is 4.94. The van der Waals surface area contributed by atoms with Gasteiger partial charge in [-0.05, 0) is 18.8 Å². The van der Waals surface area contributed by atoms with E-state index in [-0.39, 0.29) is 12.5 Å². The number of nitrogens with zero attached hydrogens (tertiary/aromatic N) is 1. The Morgan fingerprint density at radius 2 is 2.13 bits per heavy atom. The van der Waals surface area contributed by atoms with Crippen molar-refractivity contribution >= 4 is 11.9 Å². The van der Waals surface area contributed by atoms with E-state index in [1.807, 2.05) is 0 Å². The largest absolute Gasteiger partial charge is 0.478 e. The topological polar surface area (TPSA) is 77.8 Å². The SMILES string of the molecule is O=C(O)/C=C/C(=O)N1CCC(CCO)C1. The van der Waals surface area contributed by atoms with Gasteiger partial charge < -0.3 is 15.1 Å². The van der Waals surface area contributed by atoms with Crippen molar-refractivity contribution in [1.82, 2.24) is 4.90 Å². The van der Waals surface area contributed by atoms with Crippen LogP contribution in [0.25, 0.3) is 0 Å². The Balaban J connectivity index is 2.39. The molecule has 84 valence electrons. The van der Waals surface area contributed by atoms with Gasteiger partial charge in [0.1, 0.15) is 0 Å². The summed E-state index contributed by atoms with van der Waals surface area (Å²) < 4.78 is 0. The standard InChI is InChI=1S/C10H15NO4/c12-6-4-8-3-5-11(7-8)9(13)1-2-10(14)15/h1-2,8,12H,3-7H2,(H,14,15)/b2-1+. The highest BCUT2D eigenvalue weighted by molar-refractivity contribution is 5.94. The van der Waals surface area contributed by atoms with Crippen LogP contribution in [0.5, 0.6) is 0 Å². The molecule has 0 aromatic carbocycles. The summed E-state index contributed by atoms with van der Waals surface area (Å²) in [6.07, 6.45) is 3.50. The summed E-state index contributed by atoms with van der Waals surface area (Å²) in [4.78, 5) is 23.2. The lowest BCUT2D eigenvalue weighted by atomic mass is 10.1. The Bertz CT molecular complexity index is 275. The zero-order chi connectivity index (χ0) is 11.3. The number of aliphatic hydroxyl groups is 1. The van der Waals surface area contributed by atoms with E-state index in [1.54, 1.807) is 4.90 Å². The molecular formula is C10H15NO4. The van der Waals surface area contributed by atoms with E-state index in [0.29, 0.717) is 25.4 Å². The second-order valence-electron chi connectivity index (χ2n) is 3.62. The van der Waals surface area contributed by atoms with Crippen molar-refractivity contribution in [3.63, 3.8) is 0 Å². The smallest absolute Gasteiger partial charge is 0.328 e. The van der Waals surface area contributed by atoms with Crippen LogP contribution in [0.2, 0.25) is 0 Å². The second-order valence-corrected chi connectivity index (χ2v) is 3.62. The number of aliphatic hydroxyl groups excluding tert-OH is 1. The van der Waals surface area contributed by atoms with Crippen molar-refractivity contribution in [3.8, 4) is 0 Å². The Hall–Kier alpha value is -1.36. The van der Waals surface area contributed by atoms with Gasteiger partial charge in [-0.2, -0.15) is 0 Å². The summed E-state index contributed by atoms with van der Waals surface area (Å²) in [6, 6.07) is 0. The fraction of sp³-hybridized carbons (Fsp3) is 0.600. The van der Waals surface area contributed by atoms with Crippen LogP contribution in [0.4, 0.5) is 0 Å². The number of carboxylic acids is 1. The molecule has 0 bridgehead atoms. The van der Waals surface area contributed by atoms with Crippen molar-refractivity contribution in [2.75, 3.05) is 19.7 Å². The molecule has 1 aliphatic heterocycles. The molecule has 2 N–H and O–H groups in total. The van der Waals surface area contributed by atoms with Crippen LogP contribution in [0.15, 0.2) is 12.2 Å². The first-order valence-electron chi connectivity index (χ1n) is 4.94. The first-order chi connectivity index (χ1) is 7.13. The maximum absolute atomic E-state index is 11.4. The summed E-state index contributed by atoms with van der Waals surface area (Å²) in [7, 11) is 0. The van der Waals surface area contributed by atoms with Crippen LogP contribution in [-0.2, 0) is 9.59 Å². The number of hydrogen-bond donors (Lipinski definition) is 2. The number of aliphatic carboxylic acids is 1. The fourth-order valence-corrected chi connectivity index (χ4v) is 1.70. The maximum atomic E-state index is 11.4. The Kier molecular flexibility index (Phi) is 4.30. The number of carbonyl (C=O) groups is 2. The maximum Gasteiger partial charge on any atom is 0.328 e. The molecule has 15 heavy (non-hydrogen) atoms. The molecule has 1 saturated heterocycles. The molecule has 5 nitrogen and oxygen atoms in total. The minimum absolute atomic E-state index is 0.137. The fourth-order valence-electron chi connectivity index (χ4n) is 1.70. The summed E-state index contributed by atoms with van der Waals surface area (Å²) in [5.41, 5.74) is 0. The molecule has 0 aromatic heterocycles. The minimum Gasteiger partial charge on any atom is -0.478 e. The quantitative estimate of drug-likeness (QED) is 0.637. The third-order valence-electron chi connectivity index (χ3n) is 2.50. The number of rotatable bonds is 4. The monoisotopic (exact) mass is 213 g/mol. The molecule has 0 saturated carbocycles. The van der Waals surface area contributed by atoms with E-state index in [2.05, 4.69) is 0 Å². The van der Waals surface area contributed by atoms with Gasteiger partial charge in [-0.1, -0.05) is 0 Å². The van der Waals surface area contributed by atoms with Gasteiger partial charge in [0.2, 0.25) is 5.91 Å². The highest BCUT2D eigenvalue weighted by Gasteiger charge is 2.24. The average Bonchev–Trinajstić information content (AvgIpc) is 2.63. The van der Waals surface area contributed by atoms with Gasteiger partial charge in [0, 0.05) is 31.8 Å². The van der Waals surface area contributed by atoms with Crippen LogP contribution in [0, 0.1) is 5.92 Å². The van der Waals surface area contributed by atoms with Crippen molar-refractivity contribution in [3.05, 3.63) is 12.2 Å². The molecule has 1 rings (SSSR count). The van der Waals surface area contributed by atoms with Gasteiger partial charge in [-0.3, -0.25) is 4.79 Å². The lowest BCUT2D eigenvalue weighted by Crippen LogP contribution is -2.27. The van der Waals surface area contributed by atoms with Gasteiger partial charge >= 0.3 is 5.97 Å². The van der Waals surface area contributed by atoms with Gasteiger partial charge in [0.05, 0.1) is 0 Å². The lowest BCUT2D eigenvalue weighted by Gasteiger charge is -2.13. The third-order valence-corrected chi connectivity index (χ3v) is 2.50. The highest BCUT2D eigenvalue weighted by atomic mass is 16.4. The Morgan fingerprint density at radius 3 is 2.73 bits per heavy atom. The van der Waals surface area contributed by atoms with E-state index in [9.17, 15) is 9.59 Å². The predicted molar refractivity (Wildman–Crippen MR) is 53.2 cm³/mol. The van der Waals surface area contributed by atoms with Crippen LogP contribution < -0.4 is 0 Å². The molecule has 5 heteroatoms. The zero-order valence-corrected chi connectivity index (χ0v) is 8.43. The molecule has 1 fully saturated rings. The first kappa shape index (κ1) is 11.7. The highest BCUT2D eigenvalue weighted by Crippen LogP contribution is 2.19. The van der Waals surface area contributed by atoms with E-state index in [0.717, 1.165) is 18.6 Å². The van der Waals surface area contributed by atoms with Crippen molar-refractivity contribution in [1.29, 1.82) is 0 Å². The van der Waals surface area contributed by atoms with Crippen LogP contribution >= 0.6 is 0 Å². The normalized spacial score (nSPS) is 21.1. The van der Waals surface area contributed by atoms with Gasteiger partial charge in [-0.25, -0.2) is 4.79 Å². The predicted octanol–water partition coefficient (Wildman–Crippen LogP) is -0.142. The number of hydrogen-bond acceptors (Lipinski definition) is 3. The van der Waals surface area contributed by atoms with Gasteiger partial charge in [0.15, 0.2) is 0 Å². The number of amides is 1. The zero-order valence-electron chi connectivity index (χ0n) is 8.43. The summed E-state index contributed by atoms with van der Waals surface area (Å²) >= 11 is 0. The van der Waals surface area contributed by atoms with E-state index in [1.165, 1.54) is 0 Å². The van der Waals surface area contributed by atoms with E-state index in [4.69, 9.17) is 10.2 Å². The Morgan fingerprint density at radius 1 is 1.40 bits per heavy atom. The molecule has 1 unspecified atom stereocenters. The van der Waals surface area contributed by atoms with Crippen molar-refractivity contribution < 1.29 is 19.8 Å².